The summed E-state index contributed by atoms with van der Waals surface area (Å²) in [5.41, 5.74) is 0.564. The number of carbonyl (C=O) groups is 2. The highest BCUT2D eigenvalue weighted by Gasteiger charge is 2.07. The Balaban J connectivity index is 2.40. The van der Waals surface area contributed by atoms with E-state index in [9.17, 15) is 9.59 Å². The number of carbonyl (C=O) groups excluding carboxylic acids is 2. The van der Waals surface area contributed by atoms with Crippen molar-refractivity contribution in [1.82, 2.24) is 0 Å². The summed E-state index contributed by atoms with van der Waals surface area (Å²) in [6.07, 6.45) is 0.904. The normalized spacial score (nSPS) is 9.89. The number of rotatable bonds is 7. The average Bonchev–Trinajstić information content (AvgIpc) is 2.35. The monoisotopic (exact) mass is 250 g/mol. The van der Waals surface area contributed by atoms with Gasteiger partial charge in [-0.05, 0) is 32.4 Å². The van der Waals surface area contributed by atoms with Crippen LogP contribution in [0.2, 0.25) is 0 Å². The minimum Gasteiger partial charge on any atom is -0.493 e. The first kappa shape index (κ1) is 14.2. The smallest absolute Gasteiger partial charge is 0.305 e. The molecule has 0 saturated heterocycles. The first-order valence-corrected chi connectivity index (χ1v) is 6.03. The molecule has 4 nitrogen and oxygen atoms in total. The van der Waals surface area contributed by atoms with Crippen molar-refractivity contribution in [2.45, 2.75) is 26.7 Å². The van der Waals surface area contributed by atoms with Crippen LogP contribution in [0.1, 0.15) is 37.0 Å². The molecule has 0 aliphatic rings. The van der Waals surface area contributed by atoms with E-state index >= 15 is 0 Å². The molecule has 0 saturated carbocycles. The van der Waals surface area contributed by atoms with Gasteiger partial charge >= 0.3 is 5.97 Å². The van der Waals surface area contributed by atoms with Gasteiger partial charge in [0.05, 0.1) is 18.8 Å². The van der Waals surface area contributed by atoms with E-state index in [2.05, 4.69) is 0 Å². The summed E-state index contributed by atoms with van der Waals surface area (Å²) in [4.78, 5) is 22.4. The van der Waals surface area contributed by atoms with Gasteiger partial charge in [-0.25, -0.2) is 0 Å². The minimum atomic E-state index is -0.221. The topological polar surface area (TPSA) is 52.6 Å². The molecule has 0 spiro atoms. The Kier molecular flexibility index (Phi) is 5.91. The molecule has 0 aliphatic heterocycles. The van der Waals surface area contributed by atoms with Crippen molar-refractivity contribution in [2.24, 2.45) is 0 Å². The molecule has 1 aromatic rings. The molecule has 0 amide bonds. The lowest BCUT2D eigenvalue weighted by molar-refractivity contribution is -0.143. The van der Waals surface area contributed by atoms with Crippen molar-refractivity contribution in [3.63, 3.8) is 0 Å². The van der Waals surface area contributed by atoms with Crippen LogP contribution in [0.15, 0.2) is 24.3 Å². The highest BCUT2D eigenvalue weighted by molar-refractivity contribution is 5.96. The third-order valence-electron chi connectivity index (χ3n) is 2.35. The Morgan fingerprint density at radius 2 is 1.94 bits per heavy atom. The van der Waals surface area contributed by atoms with Crippen LogP contribution < -0.4 is 4.74 Å². The molecule has 0 fully saturated rings. The van der Waals surface area contributed by atoms with Crippen molar-refractivity contribution in [1.29, 1.82) is 0 Å². The lowest BCUT2D eigenvalue weighted by atomic mass is 10.1. The number of esters is 1. The molecule has 18 heavy (non-hydrogen) atoms. The molecule has 0 N–H and O–H groups in total. The summed E-state index contributed by atoms with van der Waals surface area (Å²) in [7, 11) is 0. The zero-order chi connectivity index (χ0) is 13.4. The van der Waals surface area contributed by atoms with Crippen molar-refractivity contribution < 1.29 is 19.1 Å². The van der Waals surface area contributed by atoms with E-state index in [0.717, 1.165) is 0 Å². The fourth-order valence-electron chi connectivity index (χ4n) is 1.52. The lowest BCUT2D eigenvalue weighted by Crippen LogP contribution is -2.08. The van der Waals surface area contributed by atoms with Crippen LogP contribution in [0.4, 0.5) is 0 Å². The van der Waals surface area contributed by atoms with E-state index in [1.165, 1.54) is 6.92 Å². The van der Waals surface area contributed by atoms with Gasteiger partial charge in [0.25, 0.3) is 0 Å². The van der Waals surface area contributed by atoms with Crippen LogP contribution in [0, 0.1) is 0 Å². The number of hydrogen-bond acceptors (Lipinski definition) is 4. The van der Waals surface area contributed by atoms with Gasteiger partial charge in [-0.1, -0.05) is 12.1 Å². The maximum absolute atomic E-state index is 11.3. The van der Waals surface area contributed by atoms with Gasteiger partial charge in [0.2, 0.25) is 0 Å². The lowest BCUT2D eigenvalue weighted by Gasteiger charge is -2.09. The van der Waals surface area contributed by atoms with E-state index in [0.29, 0.717) is 37.4 Å². The van der Waals surface area contributed by atoms with Crippen molar-refractivity contribution in [3.05, 3.63) is 29.8 Å². The van der Waals surface area contributed by atoms with Crippen LogP contribution in [-0.4, -0.2) is 25.0 Å². The highest BCUT2D eigenvalue weighted by atomic mass is 16.5. The van der Waals surface area contributed by atoms with Crippen LogP contribution in [0.3, 0.4) is 0 Å². The number of ether oxygens (including phenoxy) is 2. The first-order valence-electron chi connectivity index (χ1n) is 6.03. The van der Waals surface area contributed by atoms with Gasteiger partial charge in [-0.3, -0.25) is 9.59 Å². The van der Waals surface area contributed by atoms with Crippen molar-refractivity contribution in [3.8, 4) is 5.75 Å². The molecule has 4 heteroatoms. The van der Waals surface area contributed by atoms with Gasteiger partial charge < -0.3 is 9.47 Å². The van der Waals surface area contributed by atoms with Gasteiger partial charge in [-0.2, -0.15) is 0 Å². The van der Waals surface area contributed by atoms with Crippen molar-refractivity contribution >= 4 is 11.8 Å². The van der Waals surface area contributed by atoms with E-state index in [-0.39, 0.29) is 11.8 Å². The molecular formula is C14H18O4. The van der Waals surface area contributed by atoms with Gasteiger partial charge in [0, 0.05) is 6.42 Å². The molecular weight excluding hydrogens is 232 g/mol. The quantitative estimate of drug-likeness (QED) is 0.424. The van der Waals surface area contributed by atoms with E-state index < -0.39 is 0 Å². The number of para-hydroxylation sites is 1. The number of ketones is 1. The zero-order valence-corrected chi connectivity index (χ0v) is 10.8. The Hall–Kier alpha value is -1.84. The summed E-state index contributed by atoms with van der Waals surface area (Å²) >= 11 is 0. The molecule has 0 unspecified atom stereocenters. The molecule has 0 bridgehead atoms. The molecule has 0 aromatic heterocycles. The first-order chi connectivity index (χ1) is 8.65. The van der Waals surface area contributed by atoms with Crippen LogP contribution in [-0.2, 0) is 9.53 Å². The van der Waals surface area contributed by atoms with Gasteiger partial charge in [0.15, 0.2) is 5.78 Å². The standard InChI is InChI=1S/C14H18O4/c1-3-17-14(16)9-6-10-18-13-8-5-4-7-12(13)11(2)15/h4-5,7-8H,3,6,9-10H2,1-2H3. The van der Waals surface area contributed by atoms with Gasteiger partial charge in [-0.15, -0.1) is 0 Å². The maximum Gasteiger partial charge on any atom is 0.305 e. The number of Topliss-reactive ketones (excluding diaryl/α,β-unsaturated/α-hetero) is 1. The largest absolute Gasteiger partial charge is 0.493 e. The second kappa shape index (κ2) is 7.48. The summed E-state index contributed by atoms with van der Waals surface area (Å²) in [6.45, 7) is 4.06. The summed E-state index contributed by atoms with van der Waals surface area (Å²) in [5.74, 6) is 0.311. The summed E-state index contributed by atoms with van der Waals surface area (Å²) < 4.78 is 10.3. The molecule has 0 aliphatic carbocycles. The average molecular weight is 250 g/mol. The van der Waals surface area contributed by atoms with Crippen LogP contribution in [0.5, 0.6) is 5.75 Å². The molecule has 1 rings (SSSR count). The fraction of sp³-hybridized carbons (Fsp3) is 0.429. The Labute approximate surface area is 107 Å². The van der Waals surface area contributed by atoms with Gasteiger partial charge in [0.1, 0.15) is 5.75 Å². The highest BCUT2D eigenvalue weighted by Crippen LogP contribution is 2.18. The predicted molar refractivity (Wildman–Crippen MR) is 67.8 cm³/mol. The molecule has 0 atom stereocenters. The molecule has 1 aromatic carbocycles. The third-order valence-corrected chi connectivity index (χ3v) is 2.35. The number of hydrogen-bond donors (Lipinski definition) is 0. The molecule has 0 heterocycles. The zero-order valence-electron chi connectivity index (χ0n) is 10.8. The van der Waals surface area contributed by atoms with E-state index in [4.69, 9.17) is 9.47 Å². The molecule has 0 radical (unpaired) electrons. The Morgan fingerprint density at radius 3 is 2.61 bits per heavy atom. The van der Waals surface area contributed by atoms with Crippen molar-refractivity contribution in [2.75, 3.05) is 13.2 Å². The SMILES string of the molecule is CCOC(=O)CCCOc1ccccc1C(C)=O. The molecule has 98 valence electrons. The third kappa shape index (κ3) is 4.57. The summed E-state index contributed by atoms with van der Waals surface area (Å²) in [6, 6.07) is 7.08. The van der Waals surface area contributed by atoms with Crippen LogP contribution in [0.25, 0.3) is 0 Å². The van der Waals surface area contributed by atoms with E-state index in [1.807, 2.05) is 6.07 Å². The maximum atomic E-state index is 11.3. The second-order valence-electron chi connectivity index (χ2n) is 3.81. The minimum absolute atomic E-state index is 0.0315. The Morgan fingerprint density at radius 1 is 1.22 bits per heavy atom. The number of benzene rings is 1. The summed E-state index contributed by atoms with van der Waals surface area (Å²) in [5, 5.41) is 0. The predicted octanol–water partition coefficient (Wildman–Crippen LogP) is 2.61. The fourth-order valence-corrected chi connectivity index (χ4v) is 1.52. The van der Waals surface area contributed by atoms with Crippen LogP contribution >= 0.6 is 0 Å². The Bertz CT molecular complexity index is 412. The second-order valence-corrected chi connectivity index (χ2v) is 3.81. The van der Waals surface area contributed by atoms with E-state index in [1.54, 1.807) is 25.1 Å².